The summed E-state index contributed by atoms with van der Waals surface area (Å²) in [5.74, 6) is 5.54. The number of hydrogen-bond acceptors (Lipinski definition) is 4. The number of hydrogen-bond donors (Lipinski definition) is 2. The van der Waals surface area contributed by atoms with Crippen LogP contribution in [0.5, 0.6) is 0 Å². The van der Waals surface area contributed by atoms with Crippen molar-refractivity contribution in [1.29, 1.82) is 0 Å². The van der Waals surface area contributed by atoms with Gasteiger partial charge in [-0.05, 0) is 26.7 Å². The van der Waals surface area contributed by atoms with Gasteiger partial charge >= 0.3 is 0 Å². The number of aromatic nitrogens is 2. The van der Waals surface area contributed by atoms with Crippen LogP contribution in [-0.2, 0) is 11.3 Å². The summed E-state index contributed by atoms with van der Waals surface area (Å²) in [7, 11) is 0. The number of aryl methyl sites for hydroxylation is 1. The first-order chi connectivity index (χ1) is 7.81. The van der Waals surface area contributed by atoms with E-state index in [1.165, 1.54) is 0 Å². The molecule has 0 aliphatic heterocycles. The highest BCUT2D eigenvalue weighted by Crippen LogP contribution is 2.16. The number of nitrogens with one attached hydrogen (secondary N) is 1. The van der Waals surface area contributed by atoms with Crippen LogP contribution in [0.1, 0.15) is 38.3 Å². The van der Waals surface area contributed by atoms with Crippen molar-refractivity contribution in [2.45, 2.75) is 39.3 Å². The van der Waals surface area contributed by atoms with Crippen LogP contribution in [-0.4, -0.2) is 23.0 Å². The molecular weight excluding hydrogens is 204 g/mol. The summed E-state index contributed by atoms with van der Waals surface area (Å²) in [5.41, 5.74) is 3.96. The molecule has 5 nitrogen and oxygen atoms in total. The Balaban J connectivity index is 2.40. The summed E-state index contributed by atoms with van der Waals surface area (Å²) in [6, 6.07) is 0.167. The van der Waals surface area contributed by atoms with Crippen molar-refractivity contribution in [1.82, 2.24) is 15.2 Å². The molecule has 5 heteroatoms. The SMILES string of the molecule is CCOCCCC(NN)c1cnn(CC)c1. The molecular formula is C11H22N4O. The molecule has 0 spiro atoms. The number of nitrogens with two attached hydrogens (primary N) is 1. The molecule has 0 saturated heterocycles. The molecule has 16 heavy (non-hydrogen) atoms. The molecule has 0 aliphatic rings. The Labute approximate surface area is 96.9 Å². The predicted octanol–water partition coefficient (Wildman–Crippen LogP) is 1.22. The van der Waals surface area contributed by atoms with Crippen LogP contribution in [0.4, 0.5) is 0 Å². The van der Waals surface area contributed by atoms with Gasteiger partial charge in [0.05, 0.1) is 6.20 Å². The molecule has 0 bridgehead atoms. The van der Waals surface area contributed by atoms with Crippen molar-refractivity contribution in [3.63, 3.8) is 0 Å². The van der Waals surface area contributed by atoms with E-state index < -0.39 is 0 Å². The standard InChI is InChI=1S/C11H22N4O/c1-3-15-9-10(8-13-15)11(14-12)6-5-7-16-4-2/h8-9,11,14H,3-7,12H2,1-2H3. The number of rotatable bonds is 8. The Morgan fingerprint density at radius 3 is 2.94 bits per heavy atom. The minimum Gasteiger partial charge on any atom is -0.382 e. The lowest BCUT2D eigenvalue weighted by molar-refractivity contribution is 0.141. The molecule has 1 aromatic heterocycles. The van der Waals surface area contributed by atoms with E-state index in [1.807, 2.05) is 24.0 Å². The zero-order valence-electron chi connectivity index (χ0n) is 10.1. The first kappa shape index (κ1) is 13.2. The minimum absolute atomic E-state index is 0.167. The summed E-state index contributed by atoms with van der Waals surface area (Å²) < 4.78 is 7.21. The molecule has 3 N–H and O–H groups in total. The van der Waals surface area contributed by atoms with Crippen LogP contribution in [0, 0.1) is 0 Å². The van der Waals surface area contributed by atoms with E-state index in [-0.39, 0.29) is 6.04 Å². The Morgan fingerprint density at radius 2 is 2.38 bits per heavy atom. The van der Waals surface area contributed by atoms with Crippen LogP contribution >= 0.6 is 0 Å². The second-order valence-corrected chi connectivity index (χ2v) is 3.69. The van der Waals surface area contributed by atoms with Gasteiger partial charge in [-0.15, -0.1) is 0 Å². The van der Waals surface area contributed by atoms with Gasteiger partial charge in [0.25, 0.3) is 0 Å². The van der Waals surface area contributed by atoms with Gasteiger partial charge in [-0.25, -0.2) is 0 Å². The van der Waals surface area contributed by atoms with Gasteiger partial charge in [0.15, 0.2) is 0 Å². The maximum absolute atomic E-state index is 5.54. The largest absolute Gasteiger partial charge is 0.382 e. The van der Waals surface area contributed by atoms with Gasteiger partial charge in [0.1, 0.15) is 0 Å². The van der Waals surface area contributed by atoms with Crippen LogP contribution in [0.2, 0.25) is 0 Å². The molecule has 0 saturated carbocycles. The molecule has 0 radical (unpaired) electrons. The zero-order chi connectivity index (χ0) is 11.8. The summed E-state index contributed by atoms with van der Waals surface area (Å²) in [6.45, 7) is 6.52. The minimum atomic E-state index is 0.167. The molecule has 1 atom stereocenters. The van der Waals surface area contributed by atoms with Crippen LogP contribution < -0.4 is 11.3 Å². The fourth-order valence-corrected chi connectivity index (χ4v) is 1.61. The highest BCUT2D eigenvalue weighted by molar-refractivity contribution is 5.09. The van der Waals surface area contributed by atoms with Gasteiger partial charge in [-0.1, -0.05) is 0 Å². The molecule has 1 rings (SSSR count). The van der Waals surface area contributed by atoms with Crippen molar-refractivity contribution in [3.05, 3.63) is 18.0 Å². The van der Waals surface area contributed by atoms with Crippen molar-refractivity contribution < 1.29 is 4.74 Å². The molecule has 0 fully saturated rings. The Bertz CT molecular complexity index is 287. The average molecular weight is 226 g/mol. The van der Waals surface area contributed by atoms with Crippen molar-refractivity contribution in [2.24, 2.45) is 5.84 Å². The Hall–Kier alpha value is -0.910. The topological polar surface area (TPSA) is 65.1 Å². The van der Waals surface area contributed by atoms with E-state index in [1.54, 1.807) is 0 Å². The maximum atomic E-state index is 5.54. The fraction of sp³-hybridized carbons (Fsp3) is 0.727. The summed E-state index contributed by atoms with van der Waals surface area (Å²) >= 11 is 0. The third-order valence-electron chi connectivity index (χ3n) is 2.57. The van der Waals surface area contributed by atoms with E-state index >= 15 is 0 Å². The molecule has 0 aromatic carbocycles. The van der Waals surface area contributed by atoms with Crippen molar-refractivity contribution in [2.75, 3.05) is 13.2 Å². The van der Waals surface area contributed by atoms with E-state index in [2.05, 4.69) is 17.4 Å². The fourth-order valence-electron chi connectivity index (χ4n) is 1.61. The molecule has 0 amide bonds. The lowest BCUT2D eigenvalue weighted by Crippen LogP contribution is -2.28. The van der Waals surface area contributed by atoms with Crippen LogP contribution in [0.3, 0.4) is 0 Å². The van der Waals surface area contributed by atoms with Crippen molar-refractivity contribution in [3.8, 4) is 0 Å². The quantitative estimate of drug-likeness (QED) is 0.397. The normalized spacial score (nSPS) is 12.9. The van der Waals surface area contributed by atoms with Crippen LogP contribution in [0.15, 0.2) is 12.4 Å². The second-order valence-electron chi connectivity index (χ2n) is 3.69. The average Bonchev–Trinajstić information content (AvgIpc) is 2.78. The lowest BCUT2D eigenvalue weighted by atomic mass is 10.1. The molecule has 1 aromatic rings. The smallest absolute Gasteiger partial charge is 0.0538 e. The zero-order valence-corrected chi connectivity index (χ0v) is 10.1. The Kier molecular flexibility index (Phi) is 6.07. The second kappa shape index (κ2) is 7.38. The van der Waals surface area contributed by atoms with Gasteiger partial charge < -0.3 is 4.74 Å². The molecule has 0 aliphatic carbocycles. The highest BCUT2D eigenvalue weighted by atomic mass is 16.5. The Morgan fingerprint density at radius 1 is 1.56 bits per heavy atom. The molecule has 92 valence electrons. The first-order valence-corrected chi connectivity index (χ1v) is 5.88. The van der Waals surface area contributed by atoms with E-state index in [0.717, 1.165) is 38.2 Å². The lowest BCUT2D eigenvalue weighted by Gasteiger charge is -2.13. The van der Waals surface area contributed by atoms with Crippen LogP contribution in [0.25, 0.3) is 0 Å². The first-order valence-electron chi connectivity index (χ1n) is 5.88. The van der Waals surface area contributed by atoms with E-state index in [9.17, 15) is 0 Å². The monoisotopic (exact) mass is 226 g/mol. The van der Waals surface area contributed by atoms with E-state index in [4.69, 9.17) is 10.6 Å². The van der Waals surface area contributed by atoms with Gasteiger partial charge in [0, 0.05) is 37.6 Å². The summed E-state index contributed by atoms with van der Waals surface area (Å²) in [6.07, 6.45) is 5.87. The highest BCUT2D eigenvalue weighted by Gasteiger charge is 2.11. The van der Waals surface area contributed by atoms with E-state index in [0.29, 0.717) is 0 Å². The van der Waals surface area contributed by atoms with Gasteiger partial charge in [-0.2, -0.15) is 5.10 Å². The maximum Gasteiger partial charge on any atom is 0.0538 e. The van der Waals surface area contributed by atoms with Gasteiger partial charge in [0.2, 0.25) is 0 Å². The number of hydrazine groups is 1. The van der Waals surface area contributed by atoms with Crippen molar-refractivity contribution >= 4 is 0 Å². The molecule has 1 unspecified atom stereocenters. The number of ether oxygens (including phenoxy) is 1. The third-order valence-corrected chi connectivity index (χ3v) is 2.57. The summed E-state index contributed by atoms with van der Waals surface area (Å²) in [5, 5.41) is 4.24. The summed E-state index contributed by atoms with van der Waals surface area (Å²) in [4.78, 5) is 0. The molecule has 1 heterocycles. The van der Waals surface area contributed by atoms with Gasteiger partial charge in [-0.3, -0.25) is 16.0 Å². The third kappa shape index (κ3) is 3.92. The number of nitrogens with zero attached hydrogens (tertiary/aromatic N) is 2. The predicted molar refractivity (Wildman–Crippen MR) is 63.7 cm³/mol.